The van der Waals surface area contributed by atoms with Gasteiger partial charge in [-0.1, -0.05) is 17.4 Å². The molecule has 10 heteroatoms. The molecule has 148 valence electrons. The Labute approximate surface area is 163 Å². The first-order valence-corrected chi connectivity index (χ1v) is 9.66. The molecular formula is C18H19F2N5O2S. The van der Waals surface area contributed by atoms with Crippen LogP contribution in [0.15, 0.2) is 18.2 Å². The first-order valence-electron chi connectivity index (χ1n) is 8.84. The average Bonchev–Trinajstić information content (AvgIpc) is 3.16. The highest BCUT2D eigenvalue weighted by atomic mass is 32.1. The Morgan fingerprint density at radius 3 is 2.54 bits per heavy atom. The summed E-state index contributed by atoms with van der Waals surface area (Å²) in [4.78, 5) is 20.8. The molecule has 28 heavy (non-hydrogen) atoms. The SMILES string of the molecule is CC(=O)N1CCN([C@@H](c2ccc(F)c(F)c2)c2sc3nc(C)nn3c2O)CC1. The minimum atomic E-state index is -0.945. The molecule has 1 aromatic carbocycles. The van der Waals surface area contributed by atoms with Gasteiger partial charge in [-0.05, 0) is 24.6 Å². The molecule has 1 fully saturated rings. The number of hydrogen-bond donors (Lipinski definition) is 1. The van der Waals surface area contributed by atoms with Crippen LogP contribution >= 0.6 is 11.3 Å². The van der Waals surface area contributed by atoms with E-state index in [2.05, 4.69) is 10.1 Å². The van der Waals surface area contributed by atoms with Crippen LogP contribution in [0, 0.1) is 18.6 Å². The zero-order valence-corrected chi connectivity index (χ0v) is 16.2. The van der Waals surface area contributed by atoms with Crippen molar-refractivity contribution in [1.82, 2.24) is 24.4 Å². The van der Waals surface area contributed by atoms with Crippen molar-refractivity contribution in [1.29, 1.82) is 0 Å². The maximum Gasteiger partial charge on any atom is 0.230 e. The van der Waals surface area contributed by atoms with Crippen molar-refractivity contribution in [3.63, 3.8) is 0 Å². The third-order valence-electron chi connectivity index (χ3n) is 4.94. The highest BCUT2D eigenvalue weighted by Gasteiger charge is 2.32. The molecule has 2 aromatic heterocycles. The normalized spacial score (nSPS) is 16.6. The lowest BCUT2D eigenvalue weighted by atomic mass is 10.0. The fourth-order valence-corrected chi connectivity index (χ4v) is 4.69. The van der Waals surface area contributed by atoms with Gasteiger partial charge < -0.3 is 10.0 Å². The molecule has 3 heterocycles. The molecule has 1 N–H and O–H groups in total. The van der Waals surface area contributed by atoms with Crippen molar-refractivity contribution in [3.05, 3.63) is 46.1 Å². The molecule has 1 saturated heterocycles. The number of thiazole rings is 1. The second kappa shape index (κ2) is 7.10. The first-order chi connectivity index (χ1) is 13.3. The van der Waals surface area contributed by atoms with Crippen molar-refractivity contribution in [2.45, 2.75) is 19.9 Å². The molecule has 1 aliphatic heterocycles. The quantitative estimate of drug-likeness (QED) is 0.722. The van der Waals surface area contributed by atoms with Crippen molar-refractivity contribution in [3.8, 4) is 5.88 Å². The monoisotopic (exact) mass is 407 g/mol. The summed E-state index contributed by atoms with van der Waals surface area (Å²) in [5, 5.41) is 14.9. The lowest BCUT2D eigenvalue weighted by molar-refractivity contribution is -0.130. The highest BCUT2D eigenvalue weighted by Crippen LogP contribution is 2.40. The number of aryl methyl sites for hydroxylation is 1. The van der Waals surface area contributed by atoms with Crippen LogP contribution in [0.5, 0.6) is 5.88 Å². The molecular weight excluding hydrogens is 388 g/mol. The van der Waals surface area contributed by atoms with Crippen LogP contribution < -0.4 is 0 Å². The molecule has 1 amide bonds. The zero-order valence-electron chi connectivity index (χ0n) is 15.4. The van der Waals surface area contributed by atoms with E-state index in [0.29, 0.717) is 47.4 Å². The Bertz CT molecular complexity index is 1040. The lowest BCUT2D eigenvalue weighted by Gasteiger charge is -2.38. The number of rotatable bonds is 3. The average molecular weight is 407 g/mol. The summed E-state index contributed by atoms with van der Waals surface area (Å²) < 4.78 is 28.8. The molecule has 0 aliphatic carbocycles. The topological polar surface area (TPSA) is 74.0 Å². The summed E-state index contributed by atoms with van der Waals surface area (Å²) in [6.07, 6.45) is 0. The van der Waals surface area contributed by atoms with Gasteiger partial charge >= 0.3 is 0 Å². The lowest BCUT2D eigenvalue weighted by Crippen LogP contribution is -2.49. The van der Waals surface area contributed by atoms with E-state index in [1.807, 2.05) is 4.90 Å². The standard InChI is InChI=1S/C18H19F2N5O2S/c1-10-21-18-25(22-10)17(27)16(28-18)15(12-3-4-13(19)14(20)9-12)24-7-5-23(6-8-24)11(2)26/h3-4,9,15,27H,5-8H2,1-2H3/t15-/m0/s1. The van der Waals surface area contributed by atoms with E-state index in [4.69, 9.17) is 0 Å². The van der Waals surface area contributed by atoms with Crippen LogP contribution in [0.25, 0.3) is 4.96 Å². The van der Waals surface area contributed by atoms with Gasteiger partial charge in [-0.15, -0.1) is 5.10 Å². The van der Waals surface area contributed by atoms with Crippen LogP contribution in [0.4, 0.5) is 8.78 Å². The van der Waals surface area contributed by atoms with Crippen LogP contribution in [-0.4, -0.2) is 61.6 Å². The van der Waals surface area contributed by atoms with E-state index < -0.39 is 17.7 Å². The Balaban J connectivity index is 1.76. The summed E-state index contributed by atoms with van der Waals surface area (Å²) in [6, 6.07) is 3.25. The van der Waals surface area contributed by atoms with Gasteiger partial charge in [0, 0.05) is 33.1 Å². The minimum absolute atomic E-state index is 0.00106. The molecule has 4 rings (SSSR count). The van der Waals surface area contributed by atoms with Crippen molar-refractivity contribution < 1.29 is 18.7 Å². The summed E-state index contributed by atoms with van der Waals surface area (Å²) >= 11 is 1.26. The number of piperazine rings is 1. The van der Waals surface area contributed by atoms with Crippen molar-refractivity contribution in [2.75, 3.05) is 26.2 Å². The summed E-state index contributed by atoms with van der Waals surface area (Å²) in [5.41, 5.74) is 0.520. The van der Waals surface area contributed by atoms with Crippen LogP contribution in [-0.2, 0) is 4.79 Å². The number of benzene rings is 1. The number of carbonyl (C=O) groups excluding carboxylic acids is 1. The first kappa shape index (κ1) is 18.8. The summed E-state index contributed by atoms with van der Waals surface area (Å²) in [7, 11) is 0. The van der Waals surface area contributed by atoms with E-state index in [1.165, 1.54) is 28.8 Å². The Morgan fingerprint density at radius 2 is 1.93 bits per heavy atom. The molecule has 7 nitrogen and oxygen atoms in total. The van der Waals surface area contributed by atoms with Gasteiger partial charge in [0.15, 0.2) is 11.6 Å². The Kier molecular flexibility index (Phi) is 4.76. The molecule has 1 atom stereocenters. The smallest absolute Gasteiger partial charge is 0.230 e. The summed E-state index contributed by atoms with van der Waals surface area (Å²) in [5.74, 6) is -1.40. The van der Waals surface area contributed by atoms with Crippen LogP contribution in [0.3, 0.4) is 0 Å². The number of halogens is 2. The van der Waals surface area contributed by atoms with E-state index >= 15 is 0 Å². The van der Waals surface area contributed by atoms with Gasteiger partial charge in [-0.25, -0.2) is 13.8 Å². The fourth-order valence-electron chi connectivity index (χ4n) is 3.53. The second-order valence-electron chi connectivity index (χ2n) is 6.76. The minimum Gasteiger partial charge on any atom is -0.492 e. The number of carbonyl (C=O) groups is 1. The van der Waals surface area contributed by atoms with Crippen molar-refractivity contribution in [2.24, 2.45) is 0 Å². The predicted octanol–water partition coefficient (Wildman–Crippen LogP) is 2.34. The van der Waals surface area contributed by atoms with E-state index in [-0.39, 0.29) is 11.8 Å². The number of hydrogen-bond acceptors (Lipinski definition) is 6. The Hall–Kier alpha value is -2.59. The van der Waals surface area contributed by atoms with Crippen molar-refractivity contribution >= 4 is 22.2 Å². The second-order valence-corrected chi connectivity index (χ2v) is 7.77. The molecule has 0 bridgehead atoms. The molecule has 3 aromatic rings. The van der Waals surface area contributed by atoms with Gasteiger partial charge in [-0.2, -0.15) is 4.52 Å². The maximum atomic E-state index is 14.0. The fraction of sp³-hybridized carbons (Fsp3) is 0.389. The van der Waals surface area contributed by atoms with E-state index in [1.54, 1.807) is 11.8 Å². The largest absolute Gasteiger partial charge is 0.492 e. The summed E-state index contributed by atoms with van der Waals surface area (Å²) in [6.45, 7) is 5.38. The van der Waals surface area contributed by atoms with Crippen LogP contribution in [0.1, 0.15) is 29.2 Å². The van der Waals surface area contributed by atoms with Gasteiger partial charge in [0.1, 0.15) is 5.82 Å². The Morgan fingerprint density at radius 1 is 1.21 bits per heavy atom. The molecule has 0 spiro atoms. The third kappa shape index (κ3) is 3.22. The molecule has 1 aliphatic rings. The van der Waals surface area contributed by atoms with E-state index in [9.17, 15) is 18.7 Å². The number of aromatic hydroxyl groups is 1. The van der Waals surface area contributed by atoms with Gasteiger partial charge in [0.05, 0.1) is 10.9 Å². The predicted molar refractivity (Wildman–Crippen MR) is 99.3 cm³/mol. The van der Waals surface area contributed by atoms with Crippen LogP contribution in [0.2, 0.25) is 0 Å². The zero-order chi connectivity index (χ0) is 20.0. The van der Waals surface area contributed by atoms with Gasteiger partial charge in [0.2, 0.25) is 16.7 Å². The van der Waals surface area contributed by atoms with Gasteiger partial charge in [-0.3, -0.25) is 9.69 Å². The number of fused-ring (bicyclic) bond motifs is 1. The number of nitrogens with zero attached hydrogens (tertiary/aromatic N) is 5. The molecule has 0 radical (unpaired) electrons. The van der Waals surface area contributed by atoms with Gasteiger partial charge in [0.25, 0.3) is 0 Å². The third-order valence-corrected chi connectivity index (χ3v) is 6.01. The number of aromatic nitrogens is 3. The molecule has 0 unspecified atom stereocenters. The number of amides is 1. The molecule has 0 saturated carbocycles. The highest BCUT2D eigenvalue weighted by molar-refractivity contribution is 7.17. The maximum absolute atomic E-state index is 14.0. The van der Waals surface area contributed by atoms with E-state index in [0.717, 1.165) is 12.1 Å².